The summed E-state index contributed by atoms with van der Waals surface area (Å²) in [6.07, 6.45) is 90.4. The molecule has 0 rings (SSSR count). The van der Waals surface area contributed by atoms with Crippen LogP contribution >= 0.6 is 0 Å². The van der Waals surface area contributed by atoms with Gasteiger partial charge in [-0.1, -0.05) is 371 Å². The third-order valence-corrected chi connectivity index (χ3v) is 16.6. The Balaban J connectivity index is 4.03. The SMILES string of the molecule is CC/C=C\C/C=C\C/C=C\C/C=C\CCCCCCCCCCCCCCCCCCCCC(=O)OCC(COC(=O)CCCCCCCCCC)OC(=O)CCCCCCCCCCCCCCCCCCCCCCCCCCC. The van der Waals surface area contributed by atoms with E-state index in [-0.39, 0.29) is 31.1 Å². The molecule has 480 valence electrons. The summed E-state index contributed by atoms with van der Waals surface area (Å²) in [4.78, 5) is 38.3. The van der Waals surface area contributed by atoms with Gasteiger partial charge in [0, 0.05) is 19.3 Å². The van der Waals surface area contributed by atoms with E-state index < -0.39 is 6.10 Å². The third-order valence-electron chi connectivity index (χ3n) is 16.6. The zero-order chi connectivity index (χ0) is 59.2. The fourth-order valence-corrected chi connectivity index (χ4v) is 11.1. The molecule has 0 bridgehead atoms. The number of carbonyl (C=O) groups excluding carboxylic acids is 3. The molecule has 0 aromatic rings. The van der Waals surface area contributed by atoms with Crippen molar-refractivity contribution in [2.45, 2.75) is 406 Å². The first-order chi connectivity index (χ1) is 40.5. The number of hydrogen-bond donors (Lipinski definition) is 0. The Bertz CT molecular complexity index is 1410. The number of carbonyl (C=O) groups is 3. The van der Waals surface area contributed by atoms with Crippen LogP contribution in [-0.4, -0.2) is 37.2 Å². The number of esters is 3. The third kappa shape index (κ3) is 68.2. The molecule has 1 atom stereocenters. The second-order valence-electron chi connectivity index (χ2n) is 24.8. The fourth-order valence-electron chi connectivity index (χ4n) is 11.1. The highest BCUT2D eigenvalue weighted by Gasteiger charge is 2.19. The van der Waals surface area contributed by atoms with Crippen molar-refractivity contribution in [2.75, 3.05) is 13.2 Å². The van der Waals surface area contributed by atoms with Crippen LogP contribution in [-0.2, 0) is 28.6 Å². The number of hydrogen-bond acceptors (Lipinski definition) is 6. The average molecular weight is 1150 g/mol. The zero-order valence-corrected chi connectivity index (χ0v) is 55.3. The first-order valence-electron chi connectivity index (χ1n) is 36.6. The van der Waals surface area contributed by atoms with Gasteiger partial charge in [-0.25, -0.2) is 0 Å². The van der Waals surface area contributed by atoms with Crippen molar-refractivity contribution in [2.24, 2.45) is 0 Å². The van der Waals surface area contributed by atoms with Crippen molar-refractivity contribution in [1.82, 2.24) is 0 Å². The molecular formula is C76H140O6. The molecule has 0 spiro atoms. The minimum Gasteiger partial charge on any atom is -0.462 e. The van der Waals surface area contributed by atoms with Crippen LogP contribution in [0.15, 0.2) is 48.6 Å². The molecule has 0 aliphatic carbocycles. The molecule has 0 fully saturated rings. The molecule has 0 heterocycles. The zero-order valence-electron chi connectivity index (χ0n) is 55.3. The minimum atomic E-state index is -0.767. The molecule has 0 aromatic carbocycles. The van der Waals surface area contributed by atoms with E-state index >= 15 is 0 Å². The van der Waals surface area contributed by atoms with Gasteiger partial charge >= 0.3 is 17.9 Å². The molecule has 0 aliphatic heterocycles. The topological polar surface area (TPSA) is 78.9 Å². The lowest BCUT2D eigenvalue weighted by Gasteiger charge is -2.18. The maximum absolute atomic E-state index is 12.9. The average Bonchev–Trinajstić information content (AvgIpc) is 3.47. The summed E-state index contributed by atoms with van der Waals surface area (Å²) in [6, 6.07) is 0. The smallest absolute Gasteiger partial charge is 0.306 e. The summed E-state index contributed by atoms with van der Waals surface area (Å²) < 4.78 is 16.9. The summed E-state index contributed by atoms with van der Waals surface area (Å²) in [5, 5.41) is 0. The highest BCUT2D eigenvalue weighted by atomic mass is 16.6. The highest BCUT2D eigenvalue weighted by molar-refractivity contribution is 5.71. The molecule has 6 nitrogen and oxygen atoms in total. The van der Waals surface area contributed by atoms with E-state index in [0.29, 0.717) is 19.3 Å². The normalized spacial score (nSPS) is 12.3. The van der Waals surface area contributed by atoms with E-state index in [1.807, 2.05) is 0 Å². The number of allylic oxidation sites excluding steroid dienone is 8. The van der Waals surface area contributed by atoms with Gasteiger partial charge in [0.05, 0.1) is 0 Å². The molecule has 1 unspecified atom stereocenters. The number of unbranched alkanes of at least 4 members (excludes halogenated alkanes) is 49. The summed E-state index contributed by atoms with van der Waals surface area (Å²) in [6.45, 7) is 6.57. The second kappa shape index (κ2) is 70.9. The van der Waals surface area contributed by atoms with Crippen molar-refractivity contribution < 1.29 is 28.6 Å². The molecule has 82 heavy (non-hydrogen) atoms. The maximum atomic E-state index is 12.9. The first-order valence-corrected chi connectivity index (χ1v) is 36.6. The standard InChI is InChI=1S/C76H140O6/c1-4-7-10-13-16-19-21-23-25-27-29-31-33-35-36-37-38-39-40-42-43-45-47-49-51-53-55-57-60-63-66-69-75(78)81-72-73(71-80-74(77)68-65-62-59-18-15-12-9-6-3)82-76(79)70-67-64-61-58-56-54-52-50-48-46-44-41-34-32-30-28-26-24-22-20-17-14-11-8-5-2/h7,10,16,19,23,25,29,31,73H,4-6,8-9,11-15,17-18,20-22,24,26-28,30,32-72H2,1-3H3/b10-7-,19-16-,25-23-,31-29-. The van der Waals surface area contributed by atoms with Gasteiger partial charge in [0.2, 0.25) is 0 Å². The molecule has 0 amide bonds. The number of ether oxygens (including phenoxy) is 3. The van der Waals surface area contributed by atoms with E-state index in [9.17, 15) is 14.4 Å². The Morgan fingerprint density at radius 3 is 0.744 bits per heavy atom. The van der Waals surface area contributed by atoms with E-state index in [1.165, 1.54) is 276 Å². The monoisotopic (exact) mass is 1150 g/mol. The van der Waals surface area contributed by atoms with Crippen molar-refractivity contribution >= 4 is 17.9 Å². The van der Waals surface area contributed by atoms with Gasteiger partial charge < -0.3 is 14.2 Å². The van der Waals surface area contributed by atoms with E-state index in [1.54, 1.807) is 0 Å². The van der Waals surface area contributed by atoms with Crippen LogP contribution in [0.5, 0.6) is 0 Å². The summed E-state index contributed by atoms with van der Waals surface area (Å²) in [5.74, 6) is -0.840. The lowest BCUT2D eigenvalue weighted by Crippen LogP contribution is -2.30. The molecule has 0 radical (unpaired) electrons. The fraction of sp³-hybridized carbons (Fsp3) is 0.855. The Morgan fingerprint density at radius 1 is 0.256 bits per heavy atom. The number of rotatable bonds is 68. The van der Waals surface area contributed by atoms with Gasteiger partial charge in [-0.3, -0.25) is 14.4 Å². The van der Waals surface area contributed by atoms with Crippen LogP contribution in [0.3, 0.4) is 0 Å². The van der Waals surface area contributed by atoms with Crippen LogP contribution in [0.2, 0.25) is 0 Å². The molecule has 0 aliphatic rings. The van der Waals surface area contributed by atoms with E-state index in [0.717, 1.165) is 83.5 Å². The van der Waals surface area contributed by atoms with Crippen molar-refractivity contribution in [3.8, 4) is 0 Å². The van der Waals surface area contributed by atoms with E-state index in [4.69, 9.17) is 14.2 Å². The first kappa shape index (κ1) is 79.4. The Hall–Kier alpha value is -2.63. The predicted molar refractivity (Wildman–Crippen MR) is 358 cm³/mol. The second-order valence-corrected chi connectivity index (χ2v) is 24.8. The van der Waals surface area contributed by atoms with Crippen LogP contribution < -0.4 is 0 Å². The maximum Gasteiger partial charge on any atom is 0.306 e. The summed E-state index contributed by atoms with van der Waals surface area (Å²) in [5.41, 5.74) is 0. The quantitative estimate of drug-likeness (QED) is 0.0261. The van der Waals surface area contributed by atoms with Gasteiger partial charge in [0.15, 0.2) is 6.10 Å². The van der Waals surface area contributed by atoms with Crippen molar-refractivity contribution in [3.05, 3.63) is 48.6 Å². The van der Waals surface area contributed by atoms with Gasteiger partial charge in [-0.2, -0.15) is 0 Å². The molecular weight excluding hydrogens is 1010 g/mol. The van der Waals surface area contributed by atoms with Crippen LogP contribution in [0.4, 0.5) is 0 Å². The summed E-state index contributed by atoms with van der Waals surface area (Å²) >= 11 is 0. The molecule has 0 aromatic heterocycles. The Morgan fingerprint density at radius 2 is 0.476 bits per heavy atom. The molecule has 6 heteroatoms. The van der Waals surface area contributed by atoms with Crippen molar-refractivity contribution in [1.29, 1.82) is 0 Å². The van der Waals surface area contributed by atoms with Crippen LogP contribution in [0.25, 0.3) is 0 Å². The van der Waals surface area contributed by atoms with Gasteiger partial charge in [-0.05, 0) is 57.8 Å². The Labute approximate surface area is 511 Å². The van der Waals surface area contributed by atoms with Crippen molar-refractivity contribution in [3.63, 3.8) is 0 Å². The van der Waals surface area contributed by atoms with E-state index in [2.05, 4.69) is 69.4 Å². The van der Waals surface area contributed by atoms with Gasteiger partial charge in [-0.15, -0.1) is 0 Å². The highest BCUT2D eigenvalue weighted by Crippen LogP contribution is 2.19. The lowest BCUT2D eigenvalue weighted by molar-refractivity contribution is -0.167. The molecule has 0 saturated carbocycles. The minimum absolute atomic E-state index is 0.0658. The van der Waals surface area contributed by atoms with Gasteiger partial charge in [0.25, 0.3) is 0 Å². The summed E-state index contributed by atoms with van der Waals surface area (Å²) in [7, 11) is 0. The molecule has 0 saturated heterocycles. The van der Waals surface area contributed by atoms with Gasteiger partial charge in [0.1, 0.15) is 13.2 Å². The Kier molecular flexibility index (Phi) is 68.6. The lowest BCUT2D eigenvalue weighted by atomic mass is 10.0. The largest absolute Gasteiger partial charge is 0.462 e. The van der Waals surface area contributed by atoms with Crippen LogP contribution in [0, 0.1) is 0 Å². The molecule has 0 N–H and O–H groups in total. The predicted octanol–water partition coefficient (Wildman–Crippen LogP) is 25.3. The van der Waals surface area contributed by atoms with Crippen LogP contribution in [0.1, 0.15) is 400 Å².